The van der Waals surface area contributed by atoms with Crippen molar-refractivity contribution in [3.63, 3.8) is 0 Å². The topological polar surface area (TPSA) is 95.7 Å². The number of fused-ring (bicyclic) bond motifs is 9. The molecule has 0 aliphatic rings. The molecule has 0 saturated carbocycles. The van der Waals surface area contributed by atoms with Crippen LogP contribution in [0.25, 0.3) is 123 Å². The summed E-state index contributed by atoms with van der Waals surface area (Å²) in [5.41, 5.74) is 10.7. The number of benzene rings is 7. The van der Waals surface area contributed by atoms with Gasteiger partial charge in [0.05, 0.1) is 16.6 Å². The van der Waals surface area contributed by atoms with Crippen LogP contribution in [0.2, 0.25) is 0 Å². The molecule has 0 N–H and O–H groups in total. The molecule has 8 heteroatoms. The van der Waals surface area contributed by atoms with Gasteiger partial charge in [-0.1, -0.05) is 146 Å². The molecule has 12 rings (SSSR count). The second-order valence-corrected chi connectivity index (χ2v) is 15.2. The van der Waals surface area contributed by atoms with Gasteiger partial charge in [-0.15, -0.1) is 0 Å². The van der Waals surface area contributed by atoms with Crippen molar-refractivity contribution in [3.8, 4) is 51.2 Å². The predicted molar refractivity (Wildman–Crippen MR) is 254 cm³/mol. The normalized spacial score (nSPS) is 12.1. The van der Waals surface area contributed by atoms with E-state index in [1.807, 2.05) is 115 Å². The number of para-hydroxylation sites is 4. The number of rotatable bonds is 8. The van der Waals surface area contributed by atoms with Gasteiger partial charge in [-0.25, -0.2) is 24.9 Å². The highest BCUT2D eigenvalue weighted by Crippen LogP contribution is 2.41. The van der Waals surface area contributed by atoms with Crippen molar-refractivity contribution in [2.75, 3.05) is 0 Å². The van der Waals surface area contributed by atoms with Gasteiger partial charge in [0.2, 0.25) is 0 Å². The lowest BCUT2D eigenvalue weighted by Gasteiger charge is -2.10. The fourth-order valence-corrected chi connectivity index (χ4v) is 8.65. The Labute approximate surface area is 360 Å². The number of hydrogen-bond acceptors (Lipinski definition) is 7. The highest BCUT2D eigenvalue weighted by atomic mass is 16.3. The maximum atomic E-state index is 6.80. The number of allylic oxidation sites excluding steroid dienone is 4. The van der Waals surface area contributed by atoms with E-state index in [9.17, 15) is 0 Å². The van der Waals surface area contributed by atoms with Gasteiger partial charge >= 0.3 is 0 Å². The summed E-state index contributed by atoms with van der Waals surface area (Å²) in [6, 6.07) is 55.4. The van der Waals surface area contributed by atoms with Gasteiger partial charge in [0.25, 0.3) is 0 Å². The first-order chi connectivity index (χ1) is 31.2. The Kier molecular flexibility index (Phi) is 8.46. The van der Waals surface area contributed by atoms with Crippen molar-refractivity contribution in [2.45, 2.75) is 0 Å². The SMILES string of the molecule is C=C/C=C\C=C\c1nc(-c2cccc3oc4c(-c5nc(-c6ccccc6)nc(-c6ccc7c8ccccc8n(-c8ccccc8)c7c6)n5)cccc4c23)nc2c1oc1ccccc12. The van der Waals surface area contributed by atoms with E-state index in [4.69, 9.17) is 33.8 Å². The molecule has 0 saturated heterocycles. The molecule has 12 aromatic rings. The maximum Gasteiger partial charge on any atom is 0.179 e. The molecule has 0 radical (unpaired) electrons. The Balaban J connectivity index is 1.06. The lowest BCUT2D eigenvalue weighted by atomic mass is 10.0. The molecule has 0 bridgehead atoms. The van der Waals surface area contributed by atoms with Crippen LogP contribution in [0, 0.1) is 0 Å². The zero-order valence-corrected chi connectivity index (χ0v) is 33.7. The van der Waals surface area contributed by atoms with Gasteiger partial charge in [0, 0.05) is 49.3 Å². The first-order valence-corrected chi connectivity index (χ1v) is 20.7. The van der Waals surface area contributed by atoms with Crippen LogP contribution < -0.4 is 0 Å². The Morgan fingerprint density at radius 3 is 1.95 bits per heavy atom. The first-order valence-electron chi connectivity index (χ1n) is 20.7. The largest absolute Gasteiger partial charge is 0.455 e. The van der Waals surface area contributed by atoms with Gasteiger partial charge < -0.3 is 13.4 Å². The molecular weight excluding hydrogens is 777 g/mol. The summed E-state index contributed by atoms with van der Waals surface area (Å²) < 4.78 is 15.4. The summed E-state index contributed by atoms with van der Waals surface area (Å²) >= 11 is 0. The van der Waals surface area contributed by atoms with E-state index < -0.39 is 0 Å². The van der Waals surface area contributed by atoms with E-state index in [2.05, 4.69) is 83.9 Å². The van der Waals surface area contributed by atoms with Crippen LogP contribution in [0.3, 0.4) is 0 Å². The van der Waals surface area contributed by atoms with E-state index in [0.717, 1.165) is 71.6 Å². The average molecular weight is 811 g/mol. The Morgan fingerprint density at radius 1 is 0.444 bits per heavy atom. The van der Waals surface area contributed by atoms with Gasteiger partial charge in [0.15, 0.2) is 28.9 Å². The summed E-state index contributed by atoms with van der Waals surface area (Å²) in [7, 11) is 0. The van der Waals surface area contributed by atoms with Crippen molar-refractivity contribution in [3.05, 3.63) is 200 Å². The quantitative estimate of drug-likeness (QED) is 0.141. The zero-order chi connectivity index (χ0) is 41.9. The minimum atomic E-state index is 0.497. The maximum absolute atomic E-state index is 6.80. The Bertz CT molecular complexity index is 3820. The number of furan rings is 2. The highest BCUT2D eigenvalue weighted by Gasteiger charge is 2.23. The summed E-state index contributed by atoms with van der Waals surface area (Å²) in [5.74, 6) is 2.16. The van der Waals surface area contributed by atoms with Crippen molar-refractivity contribution in [1.29, 1.82) is 0 Å². The minimum absolute atomic E-state index is 0.497. The predicted octanol–water partition coefficient (Wildman–Crippen LogP) is 14.0. The lowest BCUT2D eigenvalue weighted by molar-refractivity contribution is 0.664. The fourth-order valence-electron chi connectivity index (χ4n) is 8.65. The van der Waals surface area contributed by atoms with Crippen molar-refractivity contribution >= 4 is 71.9 Å². The molecule has 0 aliphatic carbocycles. The van der Waals surface area contributed by atoms with E-state index in [1.54, 1.807) is 6.08 Å². The van der Waals surface area contributed by atoms with Crippen LogP contribution in [-0.4, -0.2) is 29.5 Å². The third kappa shape index (κ3) is 6.03. The van der Waals surface area contributed by atoms with E-state index in [-0.39, 0.29) is 0 Å². The second kappa shape index (κ2) is 14.8. The van der Waals surface area contributed by atoms with Gasteiger partial charge in [-0.05, 0) is 54.6 Å². The molecule has 0 fully saturated rings. The zero-order valence-electron chi connectivity index (χ0n) is 33.7. The van der Waals surface area contributed by atoms with E-state index >= 15 is 0 Å². The van der Waals surface area contributed by atoms with Gasteiger partial charge in [0.1, 0.15) is 28.0 Å². The summed E-state index contributed by atoms with van der Waals surface area (Å²) in [6.07, 6.45) is 9.37. The average Bonchev–Trinajstić information content (AvgIpc) is 4.03. The molecule has 0 aliphatic heterocycles. The molecule has 63 heavy (non-hydrogen) atoms. The molecule has 5 aromatic heterocycles. The van der Waals surface area contributed by atoms with Crippen molar-refractivity contribution < 1.29 is 8.83 Å². The van der Waals surface area contributed by atoms with Crippen LogP contribution in [0.1, 0.15) is 5.69 Å². The Hall–Kier alpha value is -8.75. The second-order valence-electron chi connectivity index (χ2n) is 15.2. The van der Waals surface area contributed by atoms with E-state index in [0.29, 0.717) is 45.7 Å². The minimum Gasteiger partial charge on any atom is -0.455 e. The third-order valence-corrected chi connectivity index (χ3v) is 11.5. The molecule has 296 valence electrons. The number of aromatic nitrogens is 6. The molecule has 0 amide bonds. The van der Waals surface area contributed by atoms with Gasteiger partial charge in [-0.3, -0.25) is 0 Å². The molecule has 7 aromatic carbocycles. The van der Waals surface area contributed by atoms with Crippen LogP contribution >= 0.6 is 0 Å². The van der Waals surface area contributed by atoms with Crippen LogP contribution in [0.4, 0.5) is 0 Å². The Morgan fingerprint density at radius 2 is 1.10 bits per heavy atom. The molecular formula is C55H34N6O2. The number of nitrogens with zero attached hydrogens (tertiary/aromatic N) is 6. The van der Waals surface area contributed by atoms with Crippen LogP contribution in [-0.2, 0) is 0 Å². The monoisotopic (exact) mass is 810 g/mol. The molecule has 0 unspecified atom stereocenters. The standard InChI is InChI=1S/C55H34N6O2/c1-2-3-4-11-27-43-51-49(39-23-13-15-29-46(39)62-51)57-54(56-43)41-25-17-30-47-48(41)40-24-16-26-42(50(40)63-47)55-59-52(34-18-7-5-8-19-34)58-53(60-55)35-31-32-38-37-22-12-14-28-44(37)61(45(38)33-35)36-20-9-6-10-21-36/h2-33H,1H2/b4-3-,27-11+. The molecule has 0 atom stereocenters. The summed E-state index contributed by atoms with van der Waals surface area (Å²) in [6.45, 7) is 3.79. The lowest BCUT2D eigenvalue weighted by Crippen LogP contribution is -2.00. The van der Waals surface area contributed by atoms with Crippen LogP contribution in [0.5, 0.6) is 0 Å². The smallest absolute Gasteiger partial charge is 0.179 e. The van der Waals surface area contributed by atoms with Crippen molar-refractivity contribution in [1.82, 2.24) is 29.5 Å². The fraction of sp³-hybridized carbons (Fsp3) is 0. The number of hydrogen-bond donors (Lipinski definition) is 0. The highest BCUT2D eigenvalue weighted by molar-refractivity contribution is 6.15. The van der Waals surface area contributed by atoms with E-state index in [1.165, 1.54) is 5.39 Å². The van der Waals surface area contributed by atoms with Crippen LogP contribution in [0.15, 0.2) is 204 Å². The summed E-state index contributed by atoms with van der Waals surface area (Å²) in [5, 5.41) is 5.02. The molecule has 0 spiro atoms. The summed E-state index contributed by atoms with van der Waals surface area (Å²) in [4.78, 5) is 25.7. The van der Waals surface area contributed by atoms with Crippen molar-refractivity contribution in [2.24, 2.45) is 0 Å². The third-order valence-electron chi connectivity index (χ3n) is 11.5. The molecule has 5 heterocycles. The molecule has 8 nitrogen and oxygen atoms in total. The van der Waals surface area contributed by atoms with Gasteiger partial charge in [-0.2, -0.15) is 0 Å². The first kappa shape index (κ1) is 36.1.